The van der Waals surface area contributed by atoms with E-state index in [9.17, 15) is 14.0 Å². The van der Waals surface area contributed by atoms with E-state index in [1.807, 2.05) is 39.0 Å². The SMILES string of the molecule is CC[C@H](C(=O)N[C@@H](C)CC)N(Cc1ccc(F)cc1)C(=O)CCc1ccccc1Cl. The number of benzene rings is 2. The van der Waals surface area contributed by atoms with Crippen LogP contribution >= 0.6 is 11.6 Å². The fourth-order valence-electron chi connectivity index (χ4n) is 3.23. The van der Waals surface area contributed by atoms with E-state index in [1.54, 1.807) is 23.1 Å². The largest absolute Gasteiger partial charge is 0.352 e. The summed E-state index contributed by atoms with van der Waals surface area (Å²) in [5.74, 6) is -0.637. The second kappa shape index (κ2) is 11.7. The lowest BCUT2D eigenvalue weighted by molar-refractivity contribution is -0.141. The number of carbonyl (C=O) groups is 2. The van der Waals surface area contributed by atoms with Crippen LogP contribution < -0.4 is 5.32 Å². The number of halogens is 2. The quantitative estimate of drug-likeness (QED) is 0.565. The summed E-state index contributed by atoms with van der Waals surface area (Å²) < 4.78 is 13.3. The molecule has 0 radical (unpaired) electrons. The van der Waals surface area contributed by atoms with Crippen molar-refractivity contribution < 1.29 is 14.0 Å². The monoisotopic (exact) mass is 432 g/mol. The second-order valence-electron chi connectivity index (χ2n) is 7.48. The van der Waals surface area contributed by atoms with Crippen molar-refractivity contribution in [1.29, 1.82) is 0 Å². The molecule has 4 nitrogen and oxygen atoms in total. The molecule has 0 unspecified atom stereocenters. The van der Waals surface area contributed by atoms with Crippen molar-refractivity contribution in [3.8, 4) is 0 Å². The van der Waals surface area contributed by atoms with Gasteiger partial charge in [-0.15, -0.1) is 0 Å². The number of nitrogens with one attached hydrogen (secondary N) is 1. The number of hydrogen-bond donors (Lipinski definition) is 1. The Bertz CT molecular complexity index is 841. The molecule has 0 saturated heterocycles. The number of aryl methyl sites for hydroxylation is 1. The lowest BCUT2D eigenvalue weighted by atomic mass is 10.1. The van der Waals surface area contributed by atoms with Crippen molar-refractivity contribution in [3.05, 3.63) is 70.5 Å². The average molecular weight is 433 g/mol. The second-order valence-corrected chi connectivity index (χ2v) is 7.89. The first kappa shape index (κ1) is 23.9. The number of nitrogens with zero attached hydrogens (tertiary/aromatic N) is 1. The Balaban J connectivity index is 2.21. The third-order valence-corrected chi connectivity index (χ3v) is 5.59. The fourth-order valence-corrected chi connectivity index (χ4v) is 3.46. The first-order valence-corrected chi connectivity index (χ1v) is 10.8. The molecule has 162 valence electrons. The third-order valence-electron chi connectivity index (χ3n) is 5.22. The number of rotatable bonds is 10. The van der Waals surface area contributed by atoms with Gasteiger partial charge in [-0.1, -0.05) is 55.8 Å². The molecule has 0 aromatic heterocycles. The zero-order chi connectivity index (χ0) is 22.1. The van der Waals surface area contributed by atoms with Gasteiger partial charge in [-0.2, -0.15) is 0 Å². The zero-order valence-electron chi connectivity index (χ0n) is 17.8. The number of carbonyl (C=O) groups excluding carboxylic acids is 2. The Morgan fingerprint density at radius 3 is 2.33 bits per heavy atom. The van der Waals surface area contributed by atoms with Crippen molar-refractivity contribution in [3.63, 3.8) is 0 Å². The van der Waals surface area contributed by atoms with E-state index in [0.717, 1.165) is 17.5 Å². The molecule has 2 atom stereocenters. The lowest BCUT2D eigenvalue weighted by Crippen LogP contribution is -2.50. The summed E-state index contributed by atoms with van der Waals surface area (Å²) in [5, 5.41) is 3.60. The van der Waals surface area contributed by atoms with Gasteiger partial charge in [0.15, 0.2) is 0 Å². The predicted molar refractivity (Wildman–Crippen MR) is 119 cm³/mol. The number of amides is 2. The molecule has 2 aromatic rings. The Labute approximate surface area is 183 Å². The van der Waals surface area contributed by atoms with Gasteiger partial charge in [-0.25, -0.2) is 4.39 Å². The maximum Gasteiger partial charge on any atom is 0.243 e. The highest BCUT2D eigenvalue weighted by molar-refractivity contribution is 6.31. The van der Waals surface area contributed by atoms with E-state index < -0.39 is 6.04 Å². The molecule has 30 heavy (non-hydrogen) atoms. The standard InChI is InChI=1S/C24H30ClFN2O2/c1-4-17(3)27-24(30)22(5-2)28(16-18-10-13-20(26)14-11-18)23(29)15-12-19-8-6-7-9-21(19)25/h6-11,13-14,17,22H,4-5,12,15-16H2,1-3H3,(H,27,30)/t17-,22+/m0/s1. The van der Waals surface area contributed by atoms with Gasteiger partial charge >= 0.3 is 0 Å². The van der Waals surface area contributed by atoms with Crippen molar-refractivity contribution >= 4 is 23.4 Å². The Hall–Kier alpha value is -2.40. The molecule has 0 aliphatic rings. The molecule has 2 aromatic carbocycles. The summed E-state index contributed by atoms with van der Waals surface area (Å²) >= 11 is 6.22. The van der Waals surface area contributed by atoms with Crippen molar-refractivity contribution in [2.45, 2.75) is 65.1 Å². The lowest BCUT2D eigenvalue weighted by Gasteiger charge is -2.31. The highest BCUT2D eigenvalue weighted by Crippen LogP contribution is 2.19. The van der Waals surface area contributed by atoms with Crippen LogP contribution in [0.4, 0.5) is 4.39 Å². The summed E-state index contributed by atoms with van der Waals surface area (Å²) in [6, 6.07) is 12.9. The van der Waals surface area contributed by atoms with Gasteiger partial charge in [0.2, 0.25) is 11.8 Å². The van der Waals surface area contributed by atoms with Crippen LogP contribution in [0.3, 0.4) is 0 Å². The van der Waals surface area contributed by atoms with E-state index in [4.69, 9.17) is 11.6 Å². The molecule has 0 aliphatic carbocycles. The summed E-state index contributed by atoms with van der Waals surface area (Å²) in [7, 11) is 0. The average Bonchev–Trinajstić information content (AvgIpc) is 2.74. The normalized spacial score (nSPS) is 12.8. The minimum absolute atomic E-state index is 0.0254. The highest BCUT2D eigenvalue weighted by atomic mass is 35.5. The van der Waals surface area contributed by atoms with Crippen LogP contribution in [0.25, 0.3) is 0 Å². The Kier molecular flexibility index (Phi) is 9.31. The highest BCUT2D eigenvalue weighted by Gasteiger charge is 2.29. The molecule has 0 fully saturated rings. The van der Waals surface area contributed by atoms with Gasteiger partial charge in [-0.05, 0) is 55.5 Å². The van der Waals surface area contributed by atoms with Gasteiger partial charge in [-0.3, -0.25) is 9.59 Å². The third kappa shape index (κ3) is 6.84. The van der Waals surface area contributed by atoms with Crippen LogP contribution in [-0.4, -0.2) is 28.8 Å². The van der Waals surface area contributed by atoms with Crippen LogP contribution in [-0.2, 0) is 22.6 Å². The van der Waals surface area contributed by atoms with Crippen molar-refractivity contribution in [1.82, 2.24) is 10.2 Å². The zero-order valence-corrected chi connectivity index (χ0v) is 18.6. The minimum Gasteiger partial charge on any atom is -0.352 e. The summed E-state index contributed by atoms with van der Waals surface area (Å²) in [6.45, 7) is 6.07. The van der Waals surface area contributed by atoms with Crippen LogP contribution in [0.2, 0.25) is 5.02 Å². The first-order valence-electron chi connectivity index (χ1n) is 10.4. The van der Waals surface area contributed by atoms with E-state index >= 15 is 0 Å². The van der Waals surface area contributed by atoms with Gasteiger partial charge in [0.25, 0.3) is 0 Å². The van der Waals surface area contributed by atoms with Crippen molar-refractivity contribution in [2.75, 3.05) is 0 Å². The van der Waals surface area contributed by atoms with Gasteiger partial charge in [0, 0.05) is 24.0 Å². The molecular weight excluding hydrogens is 403 g/mol. The number of hydrogen-bond acceptors (Lipinski definition) is 2. The Morgan fingerprint density at radius 1 is 1.07 bits per heavy atom. The van der Waals surface area contributed by atoms with Crippen LogP contribution in [0, 0.1) is 5.82 Å². The summed E-state index contributed by atoms with van der Waals surface area (Å²) in [4.78, 5) is 27.7. The smallest absolute Gasteiger partial charge is 0.243 e. The van der Waals surface area contributed by atoms with Gasteiger partial charge in [0.05, 0.1) is 0 Å². The summed E-state index contributed by atoms with van der Waals surface area (Å²) in [6.07, 6.45) is 2.02. The maximum atomic E-state index is 13.3. The molecular formula is C24H30ClFN2O2. The molecule has 6 heteroatoms. The van der Waals surface area contributed by atoms with Gasteiger partial charge in [0.1, 0.15) is 11.9 Å². The Morgan fingerprint density at radius 2 is 1.73 bits per heavy atom. The molecule has 0 spiro atoms. The van der Waals surface area contributed by atoms with Gasteiger partial charge < -0.3 is 10.2 Å². The van der Waals surface area contributed by atoms with Crippen molar-refractivity contribution in [2.24, 2.45) is 0 Å². The predicted octanol–water partition coefficient (Wildman–Crippen LogP) is 5.13. The van der Waals surface area contributed by atoms with Crippen LogP contribution in [0.1, 0.15) is 51.2 Å². The molecule has 0 bridgehead atoms. The van der Waals surface area contributed by atoms with E-state index in [1.165, 1.54) is 12.1 Å². The fraction of sp³-hybridized carbons (Fsp3) is 0.417. The molecule has 2 amide bonds. The van der Waals surface area contributed by atoms with E-state index in [2.05, 4.69) is 5.32 Å². The topological polar surface area (TPSA) is 49.4 Å². The van der Waals surface area contributed by atoms with Crippen LogP contribution in [0.5, 0.6) is 0 Å². The maximum absolute atomic E-state index is 13.3. The minimum atomic E-state index is -0.595. The van der Waals surface area contributed by atoms with E-state index in [0.29, 0.717) is 17.9 Å². The van der Waals surface area contributed by atoms with E-state index in [-0.39, 0.29) is 36.6 Å². The van der Waals surface area contributed by atoms with Crippen LogP contribution in [0.15, 0.2) is 48.5 Å². The first-order chi connectivity index (χ1) is 14.3. The molecule has 1 N–H and O–H groups in total. The molecule has 0 aliphatic heterocycles. The molecule has 0 heterocycles. The summed E-state index contributed by atoms with van der Waals surface area (Å²) in [5.41, 5.74) is 1.67. The molecule has 0 saturated carbocycles. The molecule has 2 rings (SSSR count).